The highest BCUT2D eigenvalue weighted by molar-refractivity contribution is 5.73. The molecule has 1 rings (SSSR count). The van der Waals surface area contributed by atoms with E-state index in [1.807, 2.05) is 0 Å². The van der Waals surface area contributed by atoms with E-state index in [0.717, 1.165) is 4.68 Å². The van der Waals surface area contributed by atoms with Crippen LogP contribution in [0.5, 0.6) is 0 Å². The maximum absolute atomic E-state index is 11.5. The van der Waals surface area contributed by atoms with E-state index < -0.39 is 0 Å². The van der Waals surface area contributed by atoms with Crippen molar-refractivity contribution in [2.24, 2.45) is 0 Å². The van der Waals surface area contributed by atoms with Crippen LogP contribution in [-0.4, -0.2) is 15.6 Å². The molecule has 1 aromatic heterocycles. The standard InChI is InChI=1S/C8H13N5O2/c1-4-5(2)10-8(12-11-6(3)14)13(9)7(4)15/h9H2,1-3H3,(H,10,12)(H,11,14). The fraction of sp³-hybridized carbons (Fsp3) is 0.375. The Bertz CT molecular complexity index is 451. The normalized spacial score (nSPS) is 9.80. The molecular weight excluding hydrogens is 198 g/mol. The molecule has 0 aliphatic carbocycles. The van der Waals surface area contributed by atoms with Crippen molar-refractivity contribution in [1.29, 1.82) is 0 Å². The van der Waals surface area contributed by atoms with Gasteiger partial charge in [-0.25, -0.2) is 4.98 Å². The van der Waals surface area contributed by atoms with Gasteiger partial charge in [-0.2, -0.15) is 4.68 Å². The highest BCUT2D eigenvalue weighted by atomic mass is 16.2. The van der Waals surface area contributed by atoms with Gasteiger partial charge >= 0.3 is 0 Å². The van der Waals surface area contributed by atoms with Crippen LogP contribution in [0.25, 0.3) is 0 Å². The number of hydrazine groups is 1. The summed E-state index contributed by atoms with van der Waals surface area (Å²) in [5, 5.41) is 0. The number of nitrogens with one attached hydrogen (secondary N) is 2. The summed E-state index contributed by atoms with van der Waals surface area (Å²) in [6.45, 7) is 4.65. The number of aromatic nitrogens is 2. The van der Waals surface area contributed by atoms with Crippen molar-refractivity contribution in [2.75, 3.05) is 11.3 Å². The lowest BCUT2D eigenvalue weighted by Crippen LogP contribution is -2.37. The third kappa shape index (κ3) is 2.25. The molecule has 7 nitrogen and oxygen atoms in total. The van der Waals surface area contributed by atoms with Gasteiger partial charge in [-0.05, 0) is 13.8 Å². The smallest absolute Gasteiger partial charge is 0.276 e. The minimum Gasteiger partial charge on any atom is -0.333 e. The molecule has 1 heterocycles. The fourth-order valence-electron chi connectivity index (χ4n) is 0.960. The predicted octanol–water partition coefficient (Wildman–Crippen LogP) is -0.963. The number of nitrogens with two attached hydrogens (primary N) is 1. The van der Waals surface area contributed by atoms with Gasteiger partial charge in [-0.15, -0.1) is 0 Å². The van der Waals surface area contributed by atoms with Crippen molar-refractivity contribution in [3.63, 3.8) is 0 Å². The third-order valence-corrected chi connectivity index (χ3v) is 1.93. The van der Waals surface area contributed by atoms with Crippen LogP contribution in [0.15, 0.2) is 4.79 Å². The van der Waals surface area contributed by atoms with Gasteiger partial charge < -0.3 is 5.84 Å². The molecule has 0 saturated carbocycles. The summed E-state index contributed by atoms with van der Waals surface area (Å²) in [4.78, 5) is 26.2. The van der Waals surface area contributed by atoms with E-state index in [-0.39, 0.29) is 17.4 Å². The van der Waals surface area contributed by atoms with Crippen molar-refractivity contribution in [3.8, 4) is 0 Å². The molecule has 0 atom stereocenters. The summed E-state index contributed by atoms with van der Waals surface area (Å²) in [5.41, 5.74) is 5.42. The number of hydrogen-bond acceptors (Lipinski definition) is 5. The number of carbonyl (C=O) groups excluding carboxylic acids is 1. The van der Waals surface area contributed by atoms with E-state index in [2.05, 4.69) is 15.8 Å². The first-order valence-electron chi connectivity index (χ1n) is 4.31. The van der Waals surface area contributed by atoms with Crippen LogP contribution < -0.4 is 22.3 Å². The SMILES string of the molecule is CC(=O)NNc1nc(C)c(C)c(=O)n1N. The summed E-state index contributed by atoms with van der Waals surface area (Å²) < 4.78 is 0.846. The molecule has 0 radical (unpaired) electrons. The minimum atomic E-state index is -0.352. The van der Waals surface area contributed by atoms with Crippen LogP contribution >= 0.6 is 0 Å². The van der Waals surface area contributed by atoms with Crippen molar-refractivity contribution in [1.82, 2.24) is 15.1 Å². The van der Waals surface area contributed by atoms with Crippen molar-refractivity contribution < 1.29 is 4.79 Å². The van der Waals surface area contributed by atoms with E-state index in [4.69, 9.17) is 5.84 Å². The number of amides is 1. The maximum atomic E-state index is 11.5. The second kappa shape index (κ2) is 3.99. The molecule has 4 N–H and O–H groups in total. The van der Waals surface area contributed by atoms with Gasteiger partial charge in [0.2, 0.25) is 11.9 Å². The Labute approximate surface area is 86.2 Å². The van der Waals surface area contributed by atoms with E-state index in [0.29, 0.717) is 11.3 Å². The molecule has 0 spiro atoms. The number of carbonyl (C=O) groups is 1. The Hall–Kier alpha value is -2.05. The number of aryl methyl sites for hydroxylation is 1. The molecule has 0 aromatic carbocycles. The topological polar surface area (TPSA) is 102 Å². The number of nitrogens with zero attached hydrogens (tertiary/aromatic N) is 2. The Morgan fingerprint density at radius 3 is 2.60 bits per heavy atom. The summed E-state index contributed by atoms with van der Waals surface area (Å²) in [6.07, 6.45) is 0. The molecule has 15 heavy (non-hydrogen) atoms. The first-order chi connectivity index (χ1) is 6.93. The van der Waals surface area contributed by atoms with E-state index in [1.54, 1.807) is 13.8 Å². The summed E-state index contributed by atoms with van der Waals surface area (Å²) in [5.74, 6) is 5.26. The number of rotatable bonds is 2. The van der Waals surface area contributed by atoms with Crippen molar-refractivity contribution >= 4 is 11.9 Å². The molecule has 0 unspecified atom stereocenters. The van der Waals surface area contributed by atoms with Gasteiger partial charge in [-0.3, -0.25) is 20.4 Å². The van der Waals surface area contributed by atoms with Crippen LogP contribution in [0.2, 0.25) is 0 Å². The van der Waals surface area contributed by atoms with Crippen LogP contribution in [0.3, 0.4) is 0 Å². The van der Waals surface area contributed by atoms with Gasteiger partial charge in [-0.1, -0.05) is 0 Å². The summed E-state index contributed by atoms with van der Waals surface area (Å²) in [6, 6.07) is 0. The number of nitrogen functional groups attached to an aromatic ring is 1. The molecule has 82 valence electrons. The summed E-state index contributed by atoms with van der Waals surface area (Å²) >= 11 is 0. The molecule has 0 aliphatic rings. The molecule has 0 aliphatic heterocycles. The number of hydrogen-bond donors (Lipinski definition) is 3. The molecule has 1 amide bonds. The summed E-state index contributed by atoms with van der Waals surface area (Å²) in [7, 11) is 0. The van der Waals surface area contributed by atoms with Crippen LogP contribution in [0.4, 0.5) is 5.95 Å². The Kier molecular flexibility index (Phi) is 2.93. The molecule has 0 fully saturated rings. The highest BCUT2D eigenvalue weighted by Crippen LogP contribution is 2.01. The zero-order chi connectivity index (χ0) is 11.6. The molecular formula is C8H13N5O2. The fourth-order valence-corrected chi connectivity index (χ4v) is 0.960. The van der Waals surface area contributed by atoms with Crippen LogP contribution in [0, 0.1) is 13.8 Å². The Balaban J connectivity index is 3.10. The molecule has 1 aromatic rings. The van der Waals surface area contributed by atoms with Gasteiger partial charge in [0.15, 0.2) is 0 Å². The van der Waals surface area contributed by atoms with Crippen LogP contribution in [-0.2, 0) is 4.79 Å². The minimum absolute atomic E-state index is 0.0956. The van der Waals surface area contributed by atoms with Gasteiger partial charge in [0.25, 0.3) is 5.56 Å². The number of anilines is 1. The second-order valence-electron chi connectivity index (χ2n) is 3.13. The van der Waals surface area contributed by atoms with Gasteiger partial charge in [0, 0.05) is 18.2 Å². The van der Waals surface area contributed by atoms with E-state index >= 15 is 0 Å². The average molecular weight is 211 g/mol. The first-order valence-corrected chi connectivity index (χ1v) is 4.31. The Morgan fingerprint density at radius 1 is 1.47 bits per heavy atom. The van der Waals surface area contributed by atoms with Gasteiger partial charge in [0.05, 0.1) is 0 Å². The average Bonchev–Trinajstić information content (AvgIpc) is 2.18. The molecule has 0 bridgehead atoms. The quantitative estimate of drug-likeness (QED) is 0.432. The largest absolute Gasteiger partial charge is 0.333 e. The molecule has 0 saturated heterocycles. The molecule has 7 heteroatoms. The zero-order valence-corrected chi connectivity index (χ0v) is 8.79. The second-order valence-corrected chi connectivity index (χ2v) is 3.13. The predicted molar refractivity (Wildman–Crippen MR) is 55.6 cm³/mol. The van der Waals surface area contributed by atoms with E-state index in [1.165, 1.54) is 6.92 Å². The van der Waals surface area contributed by atoms with Crippen molar-refractivity contribution in [3.05, 3.63) is 21.6 Å². The monoisotopic (exact) mass is 211 g/mol. The zero-order valence-electron chi connectivity index (χ0n) is 8.79. The lowest BCUT2D eigenvalue weighted by Gasteiger charge is -2.11. The van der Waals surface area contributed by atoms with Crippen molar-refractivity contribution in [2.45, 2.75) is 20.8 Å². The first kappa shape index (κ1) is 11.0. The lowest BCUT2D eigenvalue weighted by molar-refractivity contribution is -0.118. The lowest BCUT2D eigenvalue weighted by atomic mass is 10.3. The Morgan fingerprint density at radius 2 is 2.07 bits per heavy atom. The van der Waals surface area contributed by atoms with E-state index in [9.17, 15) is 9.59 Å². The third-order valence-electron chi connectivity index (χ3n) is 1.93. The maximum Gasteiger partial charge on any atom is 0.276 e. The van der Waals surface area contributed by atoms with Gasteiger partial charge in [0.1, 0.15) is 0 Å². The highest BCUT2D eigenvalue weighted by Gasteiger charge is 2.08. The van der Waals surface area contributed by atoms with Crippen LogP contribution in [0.1, 0.15) is 18.2 Å².